The molecule has 0 radical (unpaired) electrons. The van der Waals surface area contributed by atoms with Crippen LogP contribution in [0.4, 0.5) is 5.13 Å². The van der Waals surface area contributed by atoms with Crippen LogP contribution in [0, 0.1) is 6.92 Å². The minimum atomic E-state index is -0.236. The minimum Gasteiger partial charge on any atom is -0.349 e. The summed E-state index contributed by atoms with van der Waals surface area (Å²) in [4.78, 5) is 29.6. The number of aryl methyl sites for hydroxylation is 1. The van der Waals surface area contributed by atoms with Gasteiger partial charge in [-0.2, -0.15) is 0 Å². The molecule has 1 aromatic carbocycles. The van der Waals surface area contributed by atoms with E-state index in [0.29, 0.717) is 21.3 Å². The molecular weight excluding hydrogens is 402 g/mol. The lowest BCUT2D eigenvalue weighted by Gasteiger charge is -2.22. The van der Waals surface area contributed by atoms with Crippen molar-refractivity contribution < 1.29 is 9.59 Å². The molecule has 0 atom stereocenters. The van der Waals surface area contributed by atoms with E-state index < -0.39 is 0 Å². The van der Waals surface area contributed by atoms with E-state index in [-0.39, 0.29) is 17.9 Å². The zero-order valence-corrected chi connectivity index (χ0v) is 16.4. The molecule has 1 fully saturated rings. The van der Waals surface area contributed by atoms with Crippen LogP contribution in [0.25, 0.3) is 0 Å². The van der Waals surface area contributed by atoms with Crippen LogP contribution in [0.3, 0.4) is 0 Å². The second kappa shape index (κ2) is 8.10. The molecule has 0 bridgehead atoms. The summed E-state index contributed by atoms with van der Waals surface area (Å²) in [5, 5.41) is 6.31. The number of benzene rings is 1. The van der Waals surface area contributed by atoms with Crippen molar-refractivity contribution in [3.63, 3.8) is 0 Å². The zero-order chi connectivity index (χ0) is 17.8. The minimum absolute atomic E-state index is 0.0916. The summed E-state index contributed by atoms with van der Waals surface area (Å²) >= 11 is 4.56. The Labute approximate surface area is 159 Å². The van der Waals surface area contributed by atoms with Crippen molar-refractivity contribution >= 4 is 44.2 Å². The molecule has 1 saturated carbocycles. The topological polar surface area (TPSA) is 71.1 Å². The zero-order valence-electron chi connectivity index (χ0n) is 14.0. The molecule has 3 rings (SSSR count). The number of rotatable bonds is 4. The number of halogens is 1. The second-order valence-corrected chi connectivity index (χ2v) is 8.12. The lowest BCUT2D eigenvalue weighted by atomic mass is 9.95. The summed E-state index contributed by atoms with van der Waals surface area (Å²) in [6, 6.07) is 7.34. The van der Waals surface area contributed by atoms with Crippen molar-refractivity contribution in [1.29, 1.82) is 0 Å². The molecule has 132 valence electrons. The van der Waals surface area contributed by atoms with Crippen LogP contribution >= 0.6 is 27.3 Å². The summed E-state index contributed by atoms with van der Waals surface area (Å²) in [6.07, 6.45) is 5.66. The number of anilines is 1. The molecule has 1 heterocycles. The van der Waals surface area contributed by atoms with Crippen molar-refractivity contribution in [3.8, 4) is 0 Å². The molecular formula is C18H20BrN3O2S. The van der Waals surface area contributed by atoms with Crippen LogP contribution in [0.1, 0.15) is 57.8 Å². The van der Waals surface area contributed by atoms with Crippen LogP contribution in [0.2, 0.25) is 0 Å². The fourth-order valence-electron chi connectivity index (χ4n) is 2.93. The highest BCUT2D eigenvalue weighted by atomic mass is 79.9. The van der Waals surface area contributed by atoms with E-state index >= 15 is 0 Å². The molecule has 2 aromatic rings. The van der Waals surface area contributed by atoms with Gasteiger partial charge in [-0.15, -0.1) is 0 Å². The lowest BCUT2D eigenvalue weighted by Crippen LogP contribution is -2.36. The first-order valence-corrected chi connectivity index (χ1v) is 9.99. The Morgan fingerprint density at radius 3 is 2.48 bits per heavy atom. The predicted molar refractivity (Wildman–Crippen MR) is 103 cm³/mol. The first-order chi connectivity index (χ1) is 12.0. The van der Waals surface area contributed by atoms with Gasteiger partial charge in [-0.05, 0) is 44.0 Å². The molecule has 1 aliphatic carbocycles. The van der Waals surface area contributed by atoms with Crippen molar-refractivity contribution in [3.05, 3.63) is 44.9 Å². The number of thiazole rings is 1. The monoisotopic (exact) mass is 421 g/mol. The normalized spacial score (nSPS) is 15.0. The van der Waals surface area contributed by atoms with Gasteiger partial charge >= 0.3 is 0 Å². The van der Waals surface area contributed by atoms with E-state index in [1.54, 1.807) is 19.1 Å². The molecule has 0 saturated heterocycles. The Bertz CT molecular complexity index is 767. The summed E-state index contributed by atoms with van der Waals surface area (Å²) in [7, 11) is 0. The highest BCUT2D eigenvalue weighted by molar-refractivity contribution is 9.10. The Morgan fingerprint density at radius 2 is 1.80 bits per heavy atom. The standard InChI is InChI=1S/C18H20BrN3O2S/c1-11-15(17(24)21-14-5-3-2-4-6-14)25-18(20-11)22-16(23)12-7-9-13(19)10-8-12/h7-10,14H,2-6H2,1H3,(H,21,24)(H,20,22,23). The molecule has 7 heteroatoms. The van der Waals surface area contributed by atoms with Gasteiger partial charge in [0.2, 0.25) is 0 Å². The first kappa shape index (κ1) is 18.1. The van der Waals surface area contributed by atoms with Crippen LogP contribution in [-0.4, -0.2) is 22.8 Å². The summed E-state index contributed by atoms with van der Waals surface area (Å²) in [6.45, 7) is 1.79. The van der Waals surface area contributed by atoms with Crippen molar-refractivity contribution in [2.24, 2.45) is 0 Å². The van der Waals surface area contributed by atoms with E-state index in [9.17, 15) is 9.59 Å². The summed E-state index contributed by atoms with van der Waals surface area (Å²) < 4.78 is 0.913. The van der Waals surface area contributed by atoms with Gasteiger partial charge in [0.05, 0.1) is 5.69 Å². The maximum atomic E-state index is 12.5. The largest absolute Gasteiger partial charge is 0.349 e. The smallest absolute Gasteiger partial charge is 0.263 e. The van der Waals surface area contributed by atoms with Gasteiger partial charge in [-0.1, -0.05) is 46.5 Å². The van der Waals surface area contributed by atoms with Gasteiger partial charge in [0.1, 0.15) is 4.88 Å². The van der Waals surface area contributed by atoms with Gasteiger partial charge in [0, 0.05) is 16.1 Å². The number of aromatic nitrogens is 1. The number of hydrogen-bond acceptors (Lipinski definition) is 4. The van der Waals surface area contributed by atoms with E-state index in [4.69, 9.17) is 0 Å². The molecule has 0 spiro atoms. The summed E-state index contributed by atoms with van der Waals surface area (Å²) in [5.74, 6) is -0.327. The van der Waals surface area contributed by atoms with Gasteiger partial charge < -0.3 is 5.32 Å². The Morgan fingerprint density at radius 1 is 1.12 bits per heavy atom. The second-order valence-electron chi connectivity index (χ2n) is 6.20. The van der Waals surface area contributed by atoms with Gasteiger partial charge in [0.25, 0.3) is 11.8 Å². The molecule has 5 nitrogen and oxygen atoms in total. The number of hydrogen-bond donors (Lipinski definition) is 2. The van der Waals surface area contributed by atoms with E-state index in [2.05, 4.69) is 31.5 Å². The van der Waals surface area contributed by atoms with E-state index in [1.807, 2.05) is 12.1 Å². The molecule has 2 amide bonds. The molecule has 25 heavy (non-hydrogen) atoms. The number of nitrogens with zero attached hydrogens (tertiary/aromatic N) is 1. The van der Waals surface area contributed by atoms with Crippen molar-refractivity contribution in [2.75, 3.05) is 5.32 Å². The van der Waals surface area contributed by atoms with Crippen LogP contribution in [-0.2, 0) is 0 Å². The Kier molecular flexibility index (Phi) is 5.86. The first-order valence-electron chi connectivity index (χ1n) is 8.38. The predicted octanol–water partition coefficient (Wildman–Crippen LogP) is 4.53. The fraction of sp³-hybridized carbons (Fsp3) is 0.389. The highest BCUT2D eigenvalue weighted by Gasteiger charge is 2.21. The highest BCUT2D eigenvalue weighted by Crippen LogP contribution is 2.24. The van der Waals surface area contributed by atoms with Crippen molar-refractivity contribution in [1.82, 2.24) is 10.3 Å². The van der Waals surface area contributed by atoms with E-state index in [1.165, 1.54) is 30.6 Å². The van der Waals surface area contributed by atoms with E-state index in [0.717, 1.165) is 17.3 Å². The third-order valence-corrected chi connectivity index (χ3v) is 5.87. The Hall–Kier alpha value is -1.73. The average Bonchev–Trinajstić information content (AvgIpc) is 2.96. The third-order valence-electron chi connectivity index (χ3n) is 4.27. The lowest BCUT2D eigenvalue weighted by molar-refractivity contribution is 0.0930. The van der Waals surface area contributed by atoms with Gasteiger partial charge in [-0.25, -0.2) is 4.98 Å². The number of carbonyl (C=O) groups is 2. The maximum Gasteiger partial charge on any atom is 0.263 e. The summed E-state index contributed by atoms with van der Waals surface area (Å²) in [5.41, 5.74) is 1.19. The number of nitrogens with one attached hydrogen (secondary N) is 2. The molecule has 0 unspecified atom stereocenters. The van der Waals surface area contributed by atoms with Crippen molar-refractivity contribution in [2.45, 2.75) is 45.1 Å². The SMILES string of the molecule is Cc1nc(NC(=O)c2ccc(Br)cc2)sc1C(=O)NC1CCCCC1. The average molecular weight is 422 g/mol. The maximum absolute atomic E-state index is 12.5. The Balaban J connectivity index is 1.66. The van der Waals surface area contributed by atoms with Gasteiger partial charge in [-0.3, -0.25) is 14.9 Å². The quantitative estimate of drug-likeness (QED) is 0.761. The third kappa shape index (κ3) is 4.67. The van der Waals surface area contributed by atoms with Crippen LogP contribution in [0.15, 0.2) is 28.7 Å². The molecule has 2 N–H and O–H groups in total. The number of carbonyl (C=O) groups excluding carboxylic acids is 2. The van der Waals surface area contributed by atoms with Gasteiger partial charge in [0.15, 0.2) is 5.13 Å². The van der Waals surface area contributed by atoms with Crippen LogP contribution in [0.5, 0.6) is 0 Å². The molecule has 0 aliphatic heterocycles. The molecule has 1 aliphatic rings. The van der Waals surface area contributed by atoms with Crippen LogP contribution < -0.4 is 10.6 Å². The fourth-order valence-corrected chi connectivity index (χ4v) is 4.06. The molecule has 1 aromatic heterocycles. The number of amides is 2.